The van der Waals surface area contributed by atoms with Crippen molar-refractivity contribution >= 4 is 17.6 Å². The van der Waals surface area contributed by atoms with Gasteiger partial charge in [-0.15, -0.1) is 0 Å². The Bertz CT molecular complexity index is 805. The molecule has 0 radical (unpaired) electrons. The van der Waals surface area contributed by atoms with Gasteiger partial charge in [0, 0.05) is 12.5 Å². The Labute approximate surface area is 156 Å². The van der Waals surface area contributed by atoms with E-state index in [0.29, 0.717) is 52.4 Å². The van der Waals surface area contributed by atoms with E-state index in [2.05, 4.69) is 0 Å². The average Bonchev–Trinajstić information content (AvgIpc) is 2.91. The van der Waals surface area contributed by atoms with E-state index >= 15 is 0 Å². The van der Waals surface area contributed by atoms with Crippen LogP contribution in [-0.2, 0) is 11.3 Å². The SMILES string of the molecule is COc1ccc(C(=O)OCc2cc(Cl)c3c(c2)OCCCO3)c(OC)c1. The highest BCUT2D eigenvalue weighted by Crippen LogP contribution is 2.38. The van der Waals surface area contributed by atoms with Crippen molar-refractivity contribution in [3.63, 3.8) is 0 Å². The lowest BCUT2D eigenvalue weighted by molar-refractivity contribution is 0.0468. The minimum absolute atomic E-state index is 0.0460. The van der Waals surface area contributed by atoms with E-state index in [1.54, 1.807) is 37.4 Å². The topological polar surface area (TPSA) is 63.2 Å². The van der Waals surface area contributed by atoms with E-state index in [9.17, 15) is 4.79 Å². The summed E-state index contributed by atoms with van der Waals surface area (Å²) < 4.78 is 27.0. The minimum Gasteiger partial charge on any atom is -0.497 e. The summed E-state index contributed by atoms with van der Waals surface area (Å²) in [6, 6.07) is 8.37. The quantitative estimate of drug-likeness (QED) is 0.736. The Balaban J connectivity index is 1.74. The van der Waals surface area contributed by atoms with Crippen LogP contribution in [0, 0.1) is 0 Å². The van der Waals surface area contributed by atoms with Crippen LogP contribution in [0.3, 0.4) is 0 Å². The first kappa shape index (κ1) is 18.2. The second-order valence-corrected chi connectivity index (χ2v) is 6.00. The third kappa shape index (κ3) is 3.96. The molecular weight excluding hydrogens is 360 g/mol. The van der Waals surface area contributed by atoms with Gasteiger partial charge in [-0.05, 0) is 29.8 Å². The first-order valence-electron chi connectivity index (χ1n) is 8.09. The monoisotopic (exact) mass is 378 g/mol. The summed E-state index contributed by atoms with van der Waals surface area (Å²) in [4.78, 5) is 12.4. The third-order valence-corrected chi connectivity index (χ3v) is 4.14. The van der Waals surface area contributed by atoms with Crippen LogP contribution in [0.2, 0.25) is 5.02 Å². The van der Waals surface area contributed by atoms with Crippen molar-refractivity contribution in [1.29, 1.82) is 0 Å². The standard InChI is InChI=1S/C19H19ClO6/c1-22-13-4-5-14(16(10-13)23-2)19(21)26-11-12-8-15(20)18-17(9-12)24-6-3-7-25-18/h4-5,8-10H,3,6-7,11H2,1-2H3. The van der Waals surface area contributed by atoms with Crippen LogP contribution in [0.4, 0.5) is 0 Å². The van der Waals surface area contributed by atoms with Crippen LogP contribution >= 0.6 is 11.6 Å². The Kier molecular flexibility index (Phi) is 5.73. The number of hydrogen-bond acceptors (Lipinski definition) is 6. The molecule has 0 spiro atoms. The van der Waals surface area contributed by atoms with Gasteiger partial charge in [0.15, 0.2) is 11.5 Å². The van der Waals surface area contributed by atoms with Crippen LogP contribution in [0.15, 0.2) is 30.3 Å². The Morgan fingerprint density at radius 3 is 2.69 bits per heavy atom. The van der Waals surface area contributed by atoms with Crippen LogP contribution in [0.25, 0.3) is 0 Å². The molecule has 2 aromatic rings. The molecule has 0 N–H and O–H groups in total. The second-order valence-electron chi connectivity index (χ2n) is 5.60. The highest BCUT2D eigenvalue weighted by molar-refractivity contribution is 6.32. The number of halogens is 1. The van der Waals surface area contributed by atoms with Crippen molar-refractivity contribution in [1.82, 2.24) is 0 Å². The number of esters is 1. The number of carbonyl (C=O) groups is 1. The molecule has 0 atom stereocenters. The maximum atomic E-state index is 12.4. The third-order valence-electron chi connectivity index (χ3n) is 3.86. The Morgan fingerprint density at radius 1 is 1.12 bits per heavy atom. The van der Waals surface area contributed by atoms with Gasteiger partial charge in [0.1, 0.15) is 23.7 Å². The lowest BCUT2D eigenvalue weighted by atomic mass is 10.2. The highest BCUT2D eigenvalue weighted by atomic mass is 35.5. The van der Waals surface area contributed by atoms with Gasteiger partial charge in [0.2, 0.25) is 0 Å². The van der Waals surface area contributed by atoms with E-state index in [-0.39, 0.29) is 6.61 Å². The number of hydrogen-bond donors (Lipinski definition) is 0. The summed E-state index contributed by atoms with van der Waals surface area (Å²) in [6.45, 7) is 1.15. The average molecular weight is 379 g/mol. The minimum atomic E-state index is -0.507. The fourth-order valence-electron chi connectivity index (χ4n) is 2.56. The Morgan fingerprint density at radius 2 is 1.92 bits per heavy atom. The van der Waals surface area contributed by atoms with Crippen molar-refractivity contribution in [3.8, 4) is 23.0 Å². The molecule has 0 aliphatic carbocycles. The fraction of sp³-hybridized carbons (Fsp3) is 0.316. The second kappa shape index (κ2) is 8.19. The van der Waals surface area contributed by atoms with E-state index in [1.807, 2.05) is 0 Å². The molecule has 26 heavy (non-hydrogen) atoms. The van der Waals surface area contributed by atoms with Crippen molar-refractivity contribution in [3.05, 3.63) is 46.5 Å². The van der Waals surface area contributed by atoms with Gasteiger partial charge in [-0.25, -0.2) is 4.79 Å². The van der Waals surface area contributed by atoms with E-state index in [4.69, 9.17) is 35.3 Å². The number of rotatable bonds is 5. The van der Waals surface area contributed by atoms with Crippen molar-refractivity contribution < 1.29 is 28.5 Å². The molecule has 1 aliphatic heterocycles. The van der Waals surface area contributed by atoms with Gasteiger partial charge in [0.25, 0.3) is 0 Å². The fourth-order valence-corrected chi connectivity index (χ4v) is 2.85. The summed E-state index contributed by atoms with van der Waals surface area (Å²) >= 11 is 6.25. The van der Waals surface area contributed by atoms with Gasteiger partial charge in [0.05, 0.1) is 32.5 Å². The molecular formula is C19H19ClO6. The Hall–Kier alpha value is -2.60. The van der Waals surface area contributed by atoms with Gasteiger partial charge < -0.3 is 23.7 Å². The lowest BCUT2D eigenvalue weighted by Crippen LogP contribution is -2.07. The molecule has 0 aromatic heterocycles. The van der Waals surface area contributed by atoms with Crippen LogP contribution < -0.4 is 18.9 Å². The summed E-state index contributed by atoms with van der Waals surface area (Å²) in [7, 11) is 3.02. The molecule has 7 heteroatoms. The molecule has 0 bridgehead atoms. The maximum Gasteiger partial charge on any atom is 0.342 e. The summed E-state index contributed by atoms with van der Waals surface area (Å²) in [5.41, 5.74) is 1.02. The molecule has 1 heterocycles. The molecule has 0 saturated heterocycles. The first-order valence-corrected chi connectivity index (χ1v) is 8.47. The van der Waals surface area contributed by atoms with Crippen LogP contribution in [-0.4, -0.2) is 33.4 Å². The normalized spacial score (nSPS) is 12.9. The molecule has 138 valence electrons. The zero-order valence-corrected chi connectivity index (χ0v) is 15.3. The highest BCUT2D eigenvalue weighted by Gasteiger charge is 2.18. The smallest absolute Gasteiger partial charge is 0.342 e. The van der Waals surface area contributed by atoms with Crippen molar-refractivity contribution in [2.75, 3.05) is 27.4 Å². The first-order chi connectivity index (χ1) is 12.6. The number of fused-ring (bicyclic) bond motifs is 1. The van der Waals surface area contributed by atoms with E-state index in [1.165, 1.54) is 7.11 Å². The zero-order chi connectivity index (χ0) is 18.5. The predicted molar refractivity (Wildman–Crippen MR) is 95.7 cm³/mol. The number of benzene rings is 2. The van der Waals surface area contributed by atoms with Crippen LogP contribution in [0.1, 0.15) is 22.3 Å². The van der Waals surface area contributed by atoms with Gasteiger partial charge in [-0.3, -0.25) is 0 Å². The zero-order valence-electron chi connectivity index (χ0n) is 14.5. The maximum absolute atomic E-state index is 12.4. The molecule has 6 nitrogen and oxygen atoms in total. The summed E-state index contributed by atoms with van der Waals surface area (Å²) in [5, 5.41) is 0.428. The number of methoxy groups -OCH3 is 2. The molecule has 0 amide bonds. The van der Waals surface area contributed by atoms with E-state index < -0.39 is 5.97 Å². The van der Waals surface area contributed by atoms with Gasteiger partial charge in [-0.1, -0.05) is 11.6 Å². The molecule has 2 aromatic carbocycles. The lowest BCUT2D eigenvalue weighted by Gasteiger charge is -2.13. The molecule has 0 saturated carbocycles. The van der Waals surface area contributed by atoms with Crippen LogP contribution in [0.5, 0.6) is 23.0 Å². The molecule has 0 fully saturated rings. The number of carbonyl (C=O) groups excluding carboxylic acids is 1. The largest absolute Gasteiger partial charge is 0.497 e. The predicted octanol–water partition coefficient (Wildman–Crippen LogP) is 3.88. The number of ether oxygens (including phenoxy) is 5. The van der Waals surface area contributed by atoms with Gasteiger partial charge in [-0.2, -0.15) is 0 Å². The van der Waals surface area contributed by atoms with Crippen molar-refractivity contribution in [2.24, 2.45) is 0 Å². The molecule has 3 rings (SSSR count). The van der Waals surface area contributed by atoms with E-state index in [0.717, 1.165) is 6.42 Å². The van der Waals surface area contributed by atoms with Crippen molar-refractivity contribution in [2.45, 2.75) is 13.0 Å². The molecule has 0 unspecified atom stereocenters. The summed E-state index contributed by atoms with van der Waals surface area (Å²) in [5.74, 6) is 1.55. The van der Waals surface area contributed by atoms with Gasteiger partial charge >= 0.3 is 5.97 Å². The summed E-state index contributed by atoms with van der Waals surface area (Å²) in [6.07, 6.45) is 0.784. The molecule has 1 aliphatic rings.